The average Bonchev–Trinajstić information content (AvgIpc) is 2.82. The predicted molar refractivity (Wildman–Crippen MR) is 81.5 cm³/mol. The third-order valence-electron chi connectivity index (χ3n) is 3.29. The first kappa shape index (κ1) is 13.6. The fraction of sp³-hybridized carbons (Fsp3) is 0.133. The Kier molecular flexibility index (Phi) is 3.39. The van der Waals surface area contributed by atoms with E-state index in [0.717, 1.165) is 11.0 Å². The lowest BCUT2D eigenvalue weighted by Crippen LogP contribution is -1.96. The Bertz CT molecular complexity index is 870. The van der Waals surface area contributed by atoms with E-state index in [1.165, 1.54) is 13.2 Å². The lowest BCUT2D eigenvalue weighted by molar-refractivity contribution is 0.386. The lowest BCUT2D eigenvalue weighted by atomic mass is 10.2. The Morgan fingerprint density at radius 2 is 1.86 bits per heavy atom. The monoisotopic (exact) mass is 304 g/mol. The number of aromatic nitrogens is 2. The first-order chi connectivity index (χ1) is 10.2. The zero-order valence-electron chi connectivity index (χ0n) is 11.5. The maximum Gasteiger partial charge on any atom is 0.182 e. The third kappa shape index (κ3) is 2.17. The van der Waals surface area contributed by atoms with Crippen molar-refractivity contribution in [1.82, 2.24) is 9.55 Å². The topological polar surface area (TPSA) is 39.2 Å². The van der Waals surface area contributed by atoms with Crippen molar-refractivity contribution in [2.24, 2.45) is 0 Å². The van der Waals surface area contributed by atoms with Gasteiger partial charge in [-0.1, -0.05) is 6.07 Å². The van der Waals surface area contributed by atoms with Gasteiger partial charge in [0.25, 0.3) is 0 Å². The number of hydrogen-bond acceptors (Lipinski definition) is 3. The average molecular weight is 304 g/mol. The molecule has 6 heteroatoms. The smallest absolute Gasteiger partial charge is 0.182 e. The molecule has 0 unspecified atom stereocenters. The SMILES string of the molecule is COc1ccc(-n2c(=S)[nH]c3c(OC)cccc32)cc1F. The van der Waals surface area contributed by atoms with Crippen LogP contribution >= 0.6 is 12.2 Å². The Labute approximate surface area is 125 Å². The molecular formula is C15H13FN2O2S. The summed E-state index contributed by atoms with van der Waals surface area (Å²) in [6, 6.07) is 10.3. The molecule has 0 aliphatic carbocycles. The summed E-state index contributed by atoms with van der Waals surface area (Å²) in [6.45, 7) is 0. The molecule has 0 spiro atoms. The fourth-order valence-electron chi connectivity index (χ4n) is 2.32. The molecule has 0 aliphatic heterocycles. The predicted octanol–water partition coefficient (Wildman–Crippen LogP) is 3.84. The van der Waals surface area contributed by atoms with Gasteiger partial charge >= 0.3 is 0 Å². The van der Waals surface area contributed by atoms with Gasteiger partial charge < -0.3 is 14.5 Å². The maximum atomic E-state index is 13.9. The van der Waals surface area contributed by atoms with Gasteiger partial charge in [-0.15, -0.1) is 0 Å². The van der Waals surface area contributed by atoms with Crippen molar-refractivity contribution in [2.75, 3.05) is 14.2 Å². The van der Waals surface area contributed by atoms with E-state index in [-0.39, 0.29) is 5.75 Å². The molecule has 3 rings (SSSR count). The van der Waals surface area contributed by atoms with Crippen LogP contribution in [0.4, 0.5) is 4.39 Å². The van der Waals surface area contributed by atoms with Crippen LogP contribution in [0, 0.1) is 10.6 Å². The number of fused-ring (bicyclic) bond motifs is 1. The van der Waals surface area contributed by atoms with Crippen molar-refractivity contribution < 1.29 is 13.9 Å². The summed E-state index contributed by atoms with van der Waals surface area (Å²) in [5.74, 6) is 0.447. The van der Waals surface area contributed by atoms with Crippen LogP contribution in [-0.2, 0) is 0 Å². The van der Waals surface area contributed by atoms with E-state index >= 15 is 0 Å². The molecule has 0 bridgehead atoms. The second-order valence-electron chi connectivity index (χ2n) is 4.44. The Morgan fingerprint density at radius 3 is 2.52 bits per heavy atom. The van der Waals surface area contributed by atoms with E-state index in [1.54, 1.807) is 23.8 Å². The van der Waals surface area contributed by atoms with Gasteiger partial charge in [-0.25, -0.2) is 4.39 Å². The summed E-state index contributed by atoms with van der Waals surface area (Å²) >= 11 is 5.35. The van der Waals surface area contributed by atoms with Gasteiger partial charge in [-0.3, -0.25) is 4.57 Å². The Hall–Kier alpha value is -2.34. The van der Waals surface area contributed by atoms with Crippen LogP contribution in [0.3, 0.4) is 0 Å². The van der Waals surface area contributed by atoms with Gasteiger partial charge in [0, 0.05) is 6.07 Å². The molecule has 0 fully saturated rings. The van der Waals surface area contributed by atoms with Gasteiger partial charge in [0.15, 0.2) is 16.3 Å². The van der Waals surface area contributed by atoms with Crippen LogP contribution in [0.15, 0.2) is 36.4 Å². The summed E-state index contributed by atoms with van der Waals surface area (Å²) in [7, 11) is 3.02. The molecular weight excluding hydrogens is 291 g/mol. The lowest BCUT2D eigenvalue weighted by Gasteiger charge is -2.08. The van der Waals surface area contributed by atoms with Crippen LogP contribution in [-0.4, -0.2) is 23.8 Å². The Morgan fingerprint density at radius 1 is 1.10 bits per heavy atom. The molecule has 1 N–H and O–H groups in total. The number of imidazole rings is 1. The molecule has 0 atom stereocenters. The van der Waals surface area contributed by atoms with E-state index in [2.05, 4.69) is 4.98 Å². The molecule has 2 aromatic carbocycles. The van der Waals surface area contributed by atoms with Crippen molar-refractivity contribution in [2.45, 2.75) is 0 Å². The van der Waals surface area contributed by atoms with Crippen LogP contribution in [0.2, 0.25) is 0 Å². The highest BCUT2D eigenvalue weighted by molar-refractivity contribution is 7.71. The second kappa shape index (κ2) is 5.21. The number of H-pyrrole nitrogens is 1. The van der Waals surface area contributed by atoms with E-state index in [0.29, 0.717) is 16.2 Å². The molecule has 3 aromatic rings. The van der Waals surface area contributed by atoms with Crippen LogP contribution in [0.1, 0.15) is 0 Å². The Balaban J connectivity index is 2.28. The molecule has 0 amide bonds. The van der Waals surface area contributed by atoms with Gasteiger partial charge in [-0.2, -0.15) is 0 Å². The molecule has 0 saturated carbocycles. The first-order valence-electron chi connectivity index (χ1n) is 6.27. The van der Waals surface area contributed by atoms with Gasteiger partial charge in [-0.05, 0) is 36.5 Å². The second-order valence-corrected chi connectivity index (χ2v) is 4.83. The molecule has 1 heterocycles. The third-order valence-corrected chi connectivity index (χ3v) is 3.58. The van der Waals surface area contributed by atoms with Gasteiger partial charge in [0.1, 0.15) is 11.3 Å². The van der Waals surface area contributed by atoms with Crippen molar-refractivity contribution in [3.05, 3.63) is 47.0 Å². The summed E-state index contributed by atoms with van der Waals surface area (Å²) in [6.07, 6.45) is 0. The zero-order valence-corrected chi connectivity index (χ0v) is 12.3. The number of nitrogens with one attached hydrogen (secondary N) is 1. The van der Waals surface area contributed by atoms with Crippen molar-refractivity contribution in [3.8, 4) is 17.2 Å². The van der Waals surface area contributed by atoms with E-state index in [1.807, 2.05) is 18.2 Å². The highest BCUT2D eigenvalue weighted by Gasteiger charge is 2.12. The van der Waals surface area contributed by atoms with E-state index < -0.39 is 5.82 Å². The standard InChI is InChI=1S/C15H13FN2O2S/c1-19-12-7-6-9(8-10(12)16)18-11-4-3-5-13(20-2)14(11)17-15(18)21/h3-8H,1-2H3,(H,17,21). The minimum absolute atomic E-state index is 0.197. The summed E-state index contributed by atoms with van der Waals surface area (Å²) in [4.78, 5) is 3.09. The van der Waals surface area contributed by atoms with E-state index in [4.69, 9.17) is 21.7 Å². The maximum absolute atomic E-state index is 13.9. The molecule has 0 radical (unpaired) electrons. The number of nitrogens with zero attached hydrogens (tertiary/aromatic N) is 1. The molecule has 4 nitrogen and oxygen atoms in total. The molecule has 108 valence electrons. The summed E-state index contributed by atoms with van der Waals surface area (Å²) < 4.78 is 26.4. The van der Waals surface area contributed by atoms with Crippen molar-refractivity contribution >= 4 is 23.3 Å². The normalized spacial score (nSPS) is 10.8. The molecule has 1 aromatic heterocycles. The number of para-hydroxylation sites is 1. The minimum atomic E-state index is -0.436. The fourth-order valence-corrected chi connectivity index (χ4v) is 2.63. The van der Waals surface area contributed by atoms with Gasteiger partial charge in [0.05, 0.1) is 25.4 Å². The number of aromatic amines is 1. The number of hydrogen-bond donors (Lipinski definition) is 1. The first-order valence-corrected chi connectivity index (χ1v) is 6.68. The minimum Gasteiger partial charge on any atom is -0.494 e. The quantitative estimate of drug-likeness (QED) is 0.747. The number of methoxy groups -OCH3 is 2. The van der Waals surface area contributed by atoms with Crippen molar-refractivity contribution in [3.63, 3.8) is 0 Å². The van der Waals surface area contributed by atoms with Crippen molar-refractivity contribution in [1.29, 1.82) is 0 Å². The largest absolute Gasteiger partial charge is 0.494 e. The summed E-state index contributed by atoms with van der Waals surface area (Å²) in [5.41, 5.74) is 2.22. The van der Waals surface area contributed by atoms with Crippen LogP contribution in [0.5, 0.6) is 11.5 Å². The number of rotatable bonds is 3. The van der Waals surface area contributed by atoms with Gasteiger partial charge in [0.2, 0.25) is 0 Å². The van der Waals surface area contributed by atoms with E-state index in [9.17, 15) is 4.39 Å². The molecule has 0 saturated heterocycles. The highest BCUT2D eigenvalue weighted by atomic mass is 32.1. The zero-order chi connectivity index (χ0) is 15.0. The summed E-state index contributed by atoms with van der Waals surface area (Å²) in [5, 5.41) is 0. The molecule has 0 aliphatic rings. The number of ether oxygens (including phenoxy) is 2. The number of halogens is 1. The van der Waals surface area contributed by atoms with Crippen LogP contribution in [0.25, 0.3) is 16.7 Å². The molecule has 21 heavy (non-hydrogen) atoms. The van der Waals surface area contributed by atoms with Crippen LogP contribution < -0.4 is 9.47 Å². The number of benzene rings is 2. The highest BCUT2D eigenvalue weighted by Crippen LogP contribution is 2.28.